The third kappa shape index (κ3) is 4.57. The molecule has 0 saturated carbocycles. The summed E-state index contributed by atoms with van der Waals surface area (Å²) < 4.78 is 33.6. The summed E-state index contributed by atoms with van der Waals surface area (Å²) >= 11 is 0.960. The Morgan fingerprint density at radius 3 is 2.44 bits per heavy atom. The zero-order valence-electron chi connectivity index (χ0n) is 22.0. The Hall–Kier alpha value is -4.11. The SMILES string of the molecule is COc1ccc(/C(O)=C2\C(=O)C(=O)N(c3nc4cc(F)c(F)cc4s3)C2c2cccc(C)c2)cc1C(C)(C)C. The molecule has 6 nitrogen and oxygen atoms in total. The van der Waals surface area contributed by atoms with E-state index in [-0.39, 0.29) is 27.4 Å². The first kappa shape index (κ1) is 26.5. The Morgan fingerprint density at radius 2 is 1.77 bits per heavy atom. The molecular formula is C30H26F2N2O4S. The number of ketones is 1. The van der Waals surface area contributed by atoms with Crippen LogP contribution in [0.1, 0.15) is 49.1 Å². The summed E-state index contributed by atoms with van der Waals surface area (Å²) in [7, 11) is 1.56. The topological polar surface area (TPSA) is 79.7 Å². The van der Waals surface area contributed by atoms with Gasteiger partial charge in [-0.15, -0.1) is 0 Å². The molecule has 3 aromatic carbocycles. The van der Waals surface area contributed by atoms with Crippen LogP contribution in [0.3, 0.4) is 0 Å². The van der Waals surface area contributed by atoms with Gasteiger partial charge in [-0.25, -0.2) is 13.8 Å². The number of rotatable bonds is 4. The second-order valence-electron chi connectivity index (χ2n) is 10.5. The van der Waals surface area contributed by atoms with Crippen molar-refractivity contribution in [2.45, 2.75) is 39.2 Å². The van der Waals surface area contributed by atoms with Gasteiger partial charge in [0.1, 0.15) is 11.5 Å². The van der Waals surface area contributed by atoms with Crippen LogP contribution in [0.5, 0.6) is 5.75 Å². The summed E-state index contributed by atoms with van der Waals surface area (Å²) in [6.45, 7) is 7.87. The van der Waals surface area contributed by atoms with Crippen LogP contribution in [0.4, 0.5) is 13.9 Å². The molecule has 1 unspecified atom stereocenters. The van der Waals surface area contributed by atoms with Gasteiger partial charge < -0.3 is 9.84 Å². The fourth-order valence-electron chi connectivity index (χ4n) is 4.80. The fraction of sp³-hybridized carbons (Fsp3) is 0.233. The number of aromatic nitrogens is 1. The number of aryl methyl sites for hydroxylation is 1. The van der Waals surface area contributed by atoms with Gasteiger partial charge in [0.2, 0.25) is 0 Å². The van der Waals surface area contributed by atoms with Crippen molar-refractivity contribution in [3.05, 3.63) is 94.1 Å². The molecular weight excluding hydrogens is 522 g/mol. The Morgan fingerprint density at radius 1 is 1.05 bits per heavy atom. The minimum Gasteiger partial charge on any atom is -0.507 e. The number of carbonyl (C=O) groups excluding carboxylic acids is 2. The highest BCUT2D eigenvalue weighted by molar-refractivity contribution is 7.22. The number of aliphatic hydroxyl groups excluding tert-OH is 1. The van der Waals surface area contributed by atoms with E-state index in [2.05, 4.69) is 4.98 Å². The molecule has 0 spiro atoms. The van der Waals surface area contributed by atoms with Crippen LogP contribution in [-0.2, 0) is 15.0 Å². The van der Waals surface area contributed by atoms with E-state index >= 15 is 0 Å². The lowest BCUT2D eigenvalue weighted by Crippen LogP contribution is -2.29. The van der Waals surface area contributed by atoms with Gasteiger partial charge in [0.25, 0.3) is 5.78 Å². The summed E-state index contributed by atoms with van der Waals surface area (Å²) in [6, 6.07) is 13.3. The Labute approximate surface area is 228 Å². The van der Waals surface area contributed by atoms with Crippen molar-refractivity contribution in [2.75, 3.05) is 12.0 Å². The first-order valence-electron chi connectivity index (χ1n) is 12.2. The van der Waals surface area contributed by atoms with Crippen LogP contribution >= 0.6 is 11.3 Å². The number of aliphatic hydroxyl groups is 1. The van der Waals surface area contributed by atoms with Gasteiger partial charge in [0, 0.05) is 17.2 Å². The monoisotopic (exact) mass is 548 g/mol. The zero-order valence-corrected chi connectivity index (χ0v) is 22.8. The molecule has 1 aliphatic rings. The minimum atomic E-state index is -1.06. The second-order valence-corrected chi connectivity index (χ2v) is 11.5. The molecule has 1 N–H and O–H groups in total. The van der Waals surface area contributed by atoms with E-state index in [4.69, 9.17) is 4.74 Å². The molecule has 1 aliphatic heterocycles. The summed E-state index contributed by atoms with van der Waals surface area (Å²) in [5.74, 6) is -3.59. The maximum absolute atomic E-state index is 13.9. The van der Waals surface area contributed by atoms with Crippen molar-refractivity contribution in [1.82, 2.24) is 4.98 Å². The van der Waals surface area contributed by atoms with E-state index in [0.29, 0.717) is 21.6 Å². The summed E-state index contributed by atoms with van der Waals surface area (Å²) in [5.41, 5.74) is 2.34. The normalized spacial score (nSPS) is 17.3. The van der Waals surface area contributed by atoms with Crippen molar-refractivity contribution >= 4 is 44.1 Å². The van der Waals surface area contributed by atoms with Crippen LogP contribution in [0.15, 0.2) is 60.2 Å². The van der Waals surface area contributed by atoms with Crippen LogP contribution < -0.4 is 9.64 Å². The molecule has 0 bridgehead atoms. The van der Waals surface area contributed by atoms with Crippen LogP contribution in [0.2, 0.25) is 0 Å². The molecule has 5 rings (SSSR count). The predicted molar refractivity (Wildman–Crippen MR) is 147 cm³/mol. The number of amides is 1. The Kier molecular flexibility index (Phi) is 6.50. The smallest absolute Gasteiger partial charge is 0.301 e. The van der Waals surface area contributed by atoms with Gasteiger partial charge >= 0.3 is 5.91 Å². The van der Waals surface area contributed by atoms with Crippen molar-refractivity contribution in [3.8, 4) is 5.75 Å². The van der Waals surface area contributed by atoms with Gasteiger partial charge in [-0.3, -0.25) is 14.5 Å². The molecule has 1 atom stereocenters. The molecule has 39 heavy (non-hydrogen) atoms. The number of ether oxygens (including phenoxy) is 1. The van der Waals surface area contributed by atoms with Crippen molar-refractivity contribution in [1.29, 1.82) is 0 Å². The van der Waals surface area contributed by atoms with E-state index in [0.717, 1.165) is 34.6 Å². The van der Waals surface area contributed by atoms with Crippen molar-refractivity contribution in [2.24, 2.45) is 0 Å². The van der Waals surface area contributed by atoms with Gasteiger partial charge in [-0.05, 0) is 42.2 Å². The molecule has 9 heteroatoms. The van der Waals surface area contributed by atoms with E-state index in [1.54, 1.807) is 37.4 Å². The number of thiazole rings is 1. The first-order chi connectivity index (χ1) is 18.4. The quantitative estimate of drug-likeness (QED) is 0.172. The lowest BCUT2D eigenvalue weighted by Gasteiger charge is -2.24. The van der Waals surface area contributed by atoms with Crippen LogP contribution in [0.25, 0.3) is 16.0 Å². The Bertz CT molecular complexity index is 1650. The molecule has 0 radical (unpaired) electrons. The molecule has 1 amide bonds. The Balaban J connectivity index is 1.74. The average molecular weight is 549 g/mol. The van der Waals surface area contributed by atoms with Crippen molar-refractivity contribution in [3.63, 3.8) is 0 Å². The second kappa shape index (κ2) is 9.57. The number of hydrogen-bond donors (Lipinski definition) is 1. The standard InChI is InChI=1S/C30H26F2N2O4S/c1-15-7-6-8-16(11-15)25-24(26(35)17-9-10-22(38-5)18(12-17)30(2,3)4)27(36)28(37)34(25)29-33-21-13-19(31)20(32)14-23(21)39-29/h6-14,25,35H,1-5H3/b26-24+. The number of Topliss-reactive ketones (excluding diaryl/α,β-unsaturated/α-hetero) is 1. The maximum Gasteiger partial charge on any atom is 0.301 e. The van der Waals surface area contributed by atoms with E-state index < -0.39 is 29.4 Å². The summed E-state index contributed by atoms with van der Waals surface area (Å²) in [6.07, 6.45) is 0. The summed E-state index contributed by atoms with van der Waals surface area (Å²) in [4.78, 5) is 32.6. The number of hydrogen-bond acceptors (Lipinski definition) is 6. The summed E-state index contributed by atoms with van der Waals surface area (Å²) in [5, 5.41) is 11.7. The maximum atomic E-state index is 13.9. The van der Waals surface area contributed by atoms with Gasteiger partial charge in [-0.1, -0.05) is 61.9 Å². The number of nitrogens with zero attached hydrogens (tertiary/aromatic N) is 2. The van der Waals surface area contributed by atoms with E-state index in [1.165, 1.54) is 4.90 Å². The third-order valence-corrected chi connectivity index (χ3v) is 7.73. The molecule has 1 aromatic heterocycles. The van der Waals surface area contributed by atoms with E-state index in [9.17, 15) is 23.5 Å². The number of halogens is 2. The molecule has 200 valence electrons. The number of anilines is 1. The molecule has 1 fully saturated rings. The first-order valence-corrected chi connectivity index (χ1v) is 13.0. The van der Waals surface area contributed by atoms with Crippen molar-refractivity contribution < 1.29 is 28.2 Å². The fourth-order valence-corrected chi connectivity index (χ4v) is 5.80. The van der Waals surface area contributed by atoms with Crippen LogP contribution in [-0.4, -0.2) is 28.9 Å². The lowest BCUT2D eigenvalue weighted by molar-refractivity contribution is -0.132. The largest absolute Gasteiger partial charge is 0.507 e. The predicted octanol–water partition coefficient (Wildman–Crippen LogP) is 6.82. The molecule has 2 heterocycles. The minimum absolute atomic E-state index is 0.0905. The highest BCUT2D eigenvalue weighted by Crippen LogP contribution is 2.45. The van der Waals surface area contributed by atoms with Gasteiger partial charge in [-0.2, -0.15) is 0 Å². The van der Waals surface area contributed by atoms with Crippen LogP contribution in [0, 0.1) is 18.6 Å². The molecule has 1 saturated heterocycles. The number of fused-ring (bicyclic) bond motifs is 1. The average Bonchev–Trinajstić information content (AvgIpc) is 3.40. The zero-order chi connectivity index (χ0) is 28.2. The third-order valence-electron chi connectivity index (χ3n) is 6.71. The van der Waals surface area contributed by atoms with E-state index in [1.807, 2.05) is 39.8 Å². The number of methoxy groups -OCH3 is 1. The highest BCUT2D eigenvalue weighted by Gasteiger charge is 2.48. The highest BCUT2D eigenvalue weighted by atomic mass is 32.1. The number of carbonyl (C=O) groups is 2. The lowest BCUT2D eigenvalue weighted by atomic mass is 9.84. The number of benzene rings is 3. The molecule has 4 aromatic rings. The van der Waals surface area contributed by atoms with Gasteiger partial charge in [0.05, 0.1) is 28.9 Å². The van der Waals surface area contributed by atoms with Gasteiger partial charge in [0.15, 0.2) is 16.8 Å². The molecule has 0 aliphatic carbocycles.